The van der Waals surface area contributed by atoms with Gasteiger partial charge in [-0.3, -0.25) is 18.1 Å². The number of hydrogen-bond donors (Lipinski definition) is 8. The van der Waals surface area contributed by atoms with Gasteiger partial charge in [0, 0.05) is 47.1 Å². The van der Waals surface area contributed by atoms with Gasteiger partial charge < -0.3 is 48.9 Å². The highest BCUT2D eigenvalue weighted by Crippen LogP contribution is 2.39. The highest BCUT2D eigenvalue weighted by atomic mass is 19.4. The van der Waals surface area contributed by atoms with Crippen molar-refractivity contribution in [1.29, 1.82) is 0 Å². The summed E-state index contributed by atoms with van der Waals surface area (Å²) in [6.45, 7) is 2.21. The number of rotatable bonds is 14. The summed E-state index contributed by atoms with van der Waals surface area (Å²) in [5.41, 5.74) is 22.5. The Morgan fingerprint density at radius 2 is 0.681 bits per heavy atom. The van der Waals surface area contributed by atoms with Crippen LogP contribution in [0.15, 0.2) is 170 Å². The monoisotopic (exact) mass is 1660 g/mol. The average molecular weight is 1670 g/mol. The zero-order valence-electron chi connectivity index (χ0n) is 60.2. The summed E-state index contributed by atoms with van der Waals surface area (Å²) < 4.78 is 244. The van der Waals surface area contributed by atoms with Crippen LogP contribution < -0.4 is 48.9 Å². The van der Waals surface area contributed by atoms with Crippen LogP contribution in [-0.2, 0) is 24.7 Å². The van der Waals surface area contributed by atoms with Crippen molar-refractivity contribution >= 4 is 109 Å². The van der Waals surface area contributed by atoms with E-state index >= 15 is 0 Å². The molecule has 0 aliphatic rings. The number of nitrogens with zero attached hydrogens (tertiary/aromatic N) is 20. The largest absolute Gasteiger partial charge is 0.435 e. The van der Waals surface area contributed by atoms with Crippen LogP contribution >= 0.6 is 0 Å². The molecule has 0 saturated carbocycles. The maximum absolute atomic E-state index is 13.7. The van der Waals surface area contributed by atoms with E-state index in [0.717, 1.165) is 71.3 Å². The van der Waals surface area contributed by atoms with Crippen molar-refractivity contribution in [2.75, 3.05) is 44.2 Å². The van der Waals surface area contributed by atoms with E-state index in [1.165, 1.54) is 102 Å². The Kier molecular flexibility index (Phi) is 22.3. The molecule has 0 fully saturated rings. The van der Waals surface area contributed by atoms with Crippen molar-refractivity contribution in [2.45, 2.75) is 52.1 Å². The van der Waals surface area contributed by atoms with Crippen molar-refractivity contribution < 1.29 is 83.8 Å². The molecule has 610 valence electrons. The van der Waals surface area contributed by atoms with Crippen LogP contribution in [0.5, 0.6) is 5.75 Å². The third kappa shape index (κ3) is 19.2. The lowest BCUT2D eigenvalue weighted by atomic mass is 10.2. The first-order chi connectivity index (χ1) is 56.2. The zero-order valence-corrected chi connectivity index (χ0v) is 60.2. The van der Waals surface area contributed by atoms with E-state index in [1.807, 2.05) is 0 Å². The van der Waals surface area contributed by atoms with E-state index in [1.54, 1.807) is 36.0 Å². The van der Waals surface area contributed by atoms with Gasteiger partial charge in [0.1, 0.15) is 57.8 Å². The number of alkyl halides is 14. The number of benzene rings is 7. The van der Waals surface area contributed by atoms with Gasteiger partial charge in [0.25, 0.3) is 0 Å². The summed E-state index contributed by atoms with van der Waals surface area (Å²) in [6, 6.07) is 32.7. The van der Waals surface area contributed by atoms with Gasteiger partial charge in [-0.2, -0.15) is 121 Å². The zero-order chi connectivity index (χ0) is 85.3. The van der Waals surface area contributed by atoms with Gasteiger partial charge in [0.2, 0.25) is 65.4 Å². The van der Waals surface area contributed by atoms with Crippen LogP contribution in [0.3, 0.4) is 0 Å². The Labute approximate surface area is 653 Å². The smallest absolute Gasteiger partial charge is 0.435 e. The Bertz CT molecular complexity index is 6420. The van der Waals surface area contributed by atoms with Crippen LogP contribution in [0, 0.1) is 44.0 Å². The molecule has 0 aliphatic heterocycles. The van der Waals surface area contributed by atoms with Gasteiger partial charge in [0.15, 0.2) is 11.5 Å². The first kappa shape index (κ1) is 81.6. The fraction of sp³-hybridized carbons (Fsp3) is 0.111. The van der Waals surface area contributed by atoms with Gasteiger partial charge >= 0.3 is 31.3 Å². The number of anilines is 12. The third-order valence-electron chi connectivity index (χ3n) is 16.3. The molecule has 9 heterocycles. The van der Waals surface area contributed by atoms with E-state index in [2.05, 4.69) is 106 Å². The Morgan fingerprint density at radius 1 is 0.336 bits per heavy atom. The number of ether oxygens (including phenoxy) is 1. The summed E-state index contributed by atoms with van der Waals surface area (Å²) in [5.74, 6) is -1.72. The lowest BCUT2D eigenvalue weighted by Crippen LogP contribution is -2.11. The first-order valence-corrected chi connectivity index (χ1v) is 33.6. The molecule has 0 spiro atoms. The second-order valence-electron chi connectivity index (χ2n) is 24.7. The molecule has 16 aromatic rings. The molecule has 29 nitrogen and oxygen atoms in total. The summed E-state index contributed by atoms with van der Waals surface area (Å²) in [5, 5.41) is 11.0. The standard InChI is InChI=1S/C18H10F7N7.2C18H13F4N7.C18H14F3N7O/c19-9-3-6-11-28-13(18(23,24)25)12(32(11)7-9)14-29-15(26)31-16(30-14)27-10-4-1-8(2-5-10)17(20,21)22;1-9-24-13-8-11(19)4-7-14(13)29(9)17-27-15(23)26-16(28-17)25-12-5-2-10(3-6-12)18(20,21)22;1-9-24-13-7-4-11(19)8-14(13)29(9)17-27-15(23)26-16(28-17)25-12-5-2-10(3-6-12)18(20,21)22;1-9-23-13-7-2-10(19)8-14(13)28(9)18-26-16(22)25-17(27-18)24-11-3-5-12(6-4-11)29-15(20)21/h1-7H,(H3,26,27,29,30,31);2*2-8H,1H3,(H3,23,25,26,27,28);2-8,15H,1H3,(H3,22,24,25,26,27). The van der Waals surface area contributed by atoms with Crippen molar-refractivity contribution in [3.63, 3.8) is 0 Å². The van der Waals surface area contributed by atoms with Gasteiger partial charge in [-0.25, -0.2) is 37.5 Å². The number of nitrogens with one attached hydrogen (secondary N) is 4. The number of imidazole rings is 4. The molecule has 0 atom stereocenters. The number of halogens is 18. The van der Waals surface area contributed by atoms with Gasteiger partial charge in [0.05, 0.1) is 49.8 Å². The van der Waals surface area contributed by atoms with E-state index in [-0.39, 0.29) is 76.6 Å². The summed E-state index contributed by atoms with van der Waals surface area (Å²) >= 11 is 0. The molecule has 7 aromatic carbocycles. The fourth-order valence-electron chi connectivity index (χ4n) is 11.3. The normalized spacial score (nSPS) is 11.8. The lowest BCUT2D eigenvalue weighted by molar-refractivity contribution is -0.140. The quantitative estimate of drug-likeness (QED) is 0.0469. The Morgan fingerprint density at radius 3 is 1.07 bits per heavy atom. The van der Waals surface area contributed by atoms with Crippen molar-refractivity contribution in [1.82, 2.24) is 97.8 Å². The molecular formula is C72H50F18N28O. The molecular weight excluding hydrogens is 1610 g/mol. The second kappa shape index (κ2) is 32.5. The number of nitrogen functional groups attached to an aromatic ring is 4. The fourth-order valence-corrected chi connectivity index (χ4v) is 11.3. The van der Waals surface area contributed by atoms with Crippen LogP contribution in [-0.4, -0.2) is 104 Å². The van der Waals surface area contributed by atoms with Crippen LogP contribution in [0.25, 0.3) is 68.1 Å². The SMILES string of the molecule is Cc1nc2cc(F)ccc2n1-c1nc(N)nc(Nc2ccc(C(F)(F)F)cc2)n1.Cc1nc2ccc(F)cc2n1-c1nc(N)nc(Nc2ccc(C(F)(F)F)cc2)n1.Cc1nc2ccc(F)cc2n1-c1nc(N)nc(Nc2ccc(OC(F)F)cc2)n1.Nc1nc(Nc2ccc(C(F)(F)F)cc2)nc(-c2c(C(F)(F)F)nc3ccc(F)cn23)n1. The first-order valence-electron chi connectivity index (χ1n) is 33.6. The van der Waals surface area contributed by atoms with Gasteiger partial charge in [-0.05, 0) is 166 Å². The molecule has 9 aromatic heterocycles. The minimum Gasteiger partial charge on any atom is -0.435 e. The molecule has 16 rings (SSSR count). The topological polar surface area (TPSA) is 387 Å². The number of aryl methyl sites for hydroxylation is 3. The predicted octanol–water partition coefficient (Wildman–Crippen LogP) is 16.3. The Balaban J connectivity index is 0.000000137. The van der Waals surface area contributed by atoms with Crippen LogP contribution in [0.4, 0.5) is 149 Å². The average Bonchev–Trinajstić information content (AvgIpc) is 1.61. The minimum atomic E-state index is -4.93. The maximum atomic E-state index is 13.7. The molecule has 119 heavy (non-hydrogen) atoms. The molecule has 0 saturated heterocycles. The number of aromatic nitrogens is 20. The molecule has 0 amide bonds. The summed E-state index contributed by atoms with van der Waals surface area (Å²) in [6.07, 6.45) is -17.6. The van der Waals surface area contributed by atoms with Crippen LogP contribution in [0.2, 0.25) is 0 Å². The van der Waals surface area contributed by atoms with E-state index in [9.17, 15) is 79.0 Å². The minimum absolute atomic E-state index is 0.0175. The molecule has 47 heteroatoms. The molecule has 0 aliphatic carbocycles. The predicted molar refractivity (Wildman–Crippen MR) is 395 cm³/mol. The number of fused-ring (bicyclic) bond motifs is 4. The second-order valence-corrected chi connectivity index (χ2v) is 24.7. The maximum Gasteiger partial charge on any atom is 0.435 e. The Hall–Kier alpha value is -15.4. The highest BCUT2D eigenvalue weighted by molar-refractivity contribution is 5.80. The van der Waals surface area contributed by atoms with E-state index in [4.69, 9.17) is 22.9 Å². The molecule has 12 N–H and O–H groups in total. The van der Waals surface area contributed by atoms with Gasteiger partial charge in [-0.15, -0.1) is 0 Å². The van der Waals surface area contributed by atoms with E-state index in [0.29, 0.717) is 67.6 Å². The number of hydrogen-bond acceptors (Lipinski definition) is 25. The summed E-state index contributed by atoms with van der Waals surface area (Å²) in [7, 11) is 0. The van der Waals surface area contributed by atoms with Crippen LogP contribution in [0.1, 0.15) is 39.9 Å². The van der Waals surface area contributed by atoms with Crippen molar-refractivity contribution in [2.24, 2.45) is 0 Å². The molecule has 0 radical (unpaired) electrons. The highest BCUT2D eigenvalue weighted by Gasteiger charge is 2.40. The number of pyridine rings is 1. The van der Waals surface area contributed by atoms with Crippen molar-refractivity contribution in [3.05, 3.63) is 233 Å². The molecule has 0 bridgehead atoms. The van der Waals surface area contributed by atoms with Crippen molar-refractivity contribution in [3.8, 4) is 35.1 Å². The third-order valence-corrected chi connectivity index (χ3v) is 16.3. The van der Waals surface area contributed by atoms with E-state index < -0.39 is 94.4 Å². The lowest BCUT2D eigenvalue weighted by Gasteiger charge is -2.11. The van der Waals surface area contributed by atoms with Gasteiger partial charge in [-0.1, -0.05) is 0 Å². The molecule has 0 unspecified atom stereocenters. The number of nitrogens with two attached hydrogens (primary N) is 4. The summed E-state index contributed by atoms with van der Waals surface area (Å²) in [4.78, 5) is 64.8.